The molecule has 3 aromatic heterocycles. The van der Waals surface area contributed by atoms with Gasteiger partial charge < -0.3 is 5.32 Å². The molecule has 0 spiro atoms. The molecule has 0 fully saturated rings. The monoisotopic (exact) mass is 401 g/mol. The third kappa shape index (κ3) is 3.59. The smallest absolute Gasteiger partial charge is 0.352 e. The summed E-state index contributed by atoms with van der Waals surface area (Å²) < 4.78 is 38.1. The maximum atomic E-state index is 12.7. The van der Waals surface area contributed by atoms with Crippen LogP contribution in [0.2, 0.25) is 5.02 Å². The lowest BCUT2D eigenvalue weighted by Gasteiger charge is -2.11. The molecular formula is C19H11ClF3N5. The highest BCUT2D eigenvalue weighted by molar-refractivity contribution is 6.33. The Balaban J connectivity index is 1.68. The summed E-state index contributed by atoms with van der Waals surface area (Å²) in [6.07, 6.45) is 0.310. The van der Waals surface area contributed by atoms with Gasteiger partial charge in [0.05, 0.1) is 28.2 Å². The van der Waals surface area contributed by atoms with Crippen LogP contribution >= 0.6 is 11.6 Å². The van der Waals surface area contributed by atoms with E-state index in [-0.39, 0.29) is 0 Å². The number of alkyl halides is 3. The minimum Gasteiger partial charge on any atom is -0.352 e. The predicted molar refractivity (Wildman–Crippen MR) is 100 cm³/mol. The fourth-order valence-corrected chi connectivity index (χ4v) is 2.89. The van der Waals surface area contributed by atoms with Gasteiger partial charge in [-0.15, -0.1) is 5.10 Å². The van der Waals surface area contributed by atoms with Gasteiger partial charge in [0.25, 0.3) is 0 Å². The second-order valence-corrected chi connectivity index (χ2v) is 6.29. The molecule has 28 heavy (non-hydrogen) atoms. The Morgan fingerprint density at radius 1 is 0.964 bits per heavy atom. The molecule has 4 aromatic rings. The van der Waals surface area contributed by atoms with Gasteiger partial charge in [-0.25, -0.2) is 0 Å². The molecule has 3 heterocycles. The van der Waals surface area contributed by atoms with Gasteiger partial charge in [0.1, 0.15) is 11.0 Å². The van der Waals surface area contributed by atoms with E-state index in [0.29, 0.717) is 38.7 Å². The zero-order valence-electron chi connectivity index (χ0n) is 14.1. The minimum absolute atomic E-state index is 0.473. The van der Waals surface area contributed by atoms with E-state index in [4.69, 9.17) is 11.6 Å². The van der Waals surface area contributed by atoms with Crippen molar-refractivity contribution >= 4 is 34.0 Å². The molecule has 5 nitrogen and oxygen atoms in total. The Morgan fingerprint density at radius 3 is 2.46 bits per heavy atom. The highest BCUT2D eigenvalue weighted by Crippen LogP contribution is 2.32. The number of nitrogens with zero attached hydrogens (tertiary/aromatic N) is 4. The summed E-state index contributed by atoms with van der Waals surface area (Å²) in [4.78, 5) is 8.65. The Hall–Kier alpha value is -3.26. The van der Waals surface area contributed by atoms with Gasteiger partial charge in [-0.3, -0.25) is 9.97 Å². The second kappa shape index (κ2) is 7.05. The lowest BCUT2D eigenvalue weighted by molar-refractivity contribution is -0.137. The van der Waals surface area contributed by atoms with E-state index in [1.807, 2.05) is 0 Å². The molecule has 140 valence electrons. The number of benzene rings is 1. The maximum Gasteiger partial charge on any atom is 0.416 e. The zero-order chi connectivity index (χ0) is 19.7. The molecule has 4 rings (SSSR count). The zero-order valence-corrected chi connectivity index (χ0v) is 14.8. The minimum atomic E-state index is -4.38. The van der Waals surface area contributed by atoms with Crippen LogP contribution in [0.25, 0.3) is 22.3 Å². The van der Waals surface area contributed by atoms with Crippen molar-refractivity contribution in [1.82, 2.24) is 20.2 Å². The van der Waals surface area contributed by atoms with E-state index in [1.54, 1.807) is 30.6 Å². The van der Waals surface area contributed by atoms with Gasteiger partial charge in [0.15, 0.2) is 0 Å². The van der Waals surface area contributed by atoms with E-state index in [2.05, 4.69) is 25.5 Å². The number of fused-ring (bicyclic) bond motifs is 1. The molecule has 0 atom stereocenters. The van der Waals surface area contributed by atoms with Crippen LogP contribution in [0.3, 0.4) is 0 Å². The second-order valence-electron chi connectivity index (χ2n) is 5.88. The summed E-state index contributed by atoms with van der Waals surface area (Å²) >= 11 is 6.17. The van der Waals surface area contributed by atoms with Crippen molar-refractivity contribution in [2.24, 2.45) is 0 Å². The van der Waals surface area contributed by atoms with Crippen LogP contribution in [0.15, 0.2) is 61.1 Å². The van der Waals surface area contributed by atoms with Crippen LogP contribution in [-0.4, -0.2) is 20.2 Å². The van der Waals surface area contributed by atoms with Crippen molar-refractivity contribution in [3.8, 4) is 11.3 Å². The molecule has 0 saturated carbocycles. The molecule has 0 aliphatic rings. The van der Waals surface area contributed by atoms with Crippen molar-refractivity contribution in [2.45, 2.75) is 6.18 Å². The number of rotatable bonds is 3. The topological polar surface area (TPSA) is 63.6 Å². The van der Waals surface area contributed by atoms with Gasteiger partial charge in [-0.1, -0.05) is 11.6 Å². The molecule has 0 radical (unpaired) electrons. The lowest BCUT2D eigenvalue weighted by atomic mass is 10.1. The van der Waals surface area contributed by atoms with Crippen LogP contribution in [0.1, 0.15) is 5.56 Å². The largest absolute Gasteiger partial charge is 0.416 e. The maximum absolute atomic E-state index is 12.7. The quantitative estimate of drug-likeness (QED) is 0.491. The predicted octanol–water partition coefficient (Wildman–Crippen LogP) is 5.50. The first-order valence-electron chi connectivity index (χ1n) is 8.08. The molecule has 0 aliphatic carbocycles. The van der Waals surface area contributed by atoms with Crippen molar-refractivity contribution in [2.75, 3.05) is 5.32 Å². The van der Waals surface area contributed by atoms with Crippen molar-refractivity contribution in [3.63, 3.8) is 0 Å². The molecule has 0 saturated heterocycles. The lowest BCUT2D eigenvalue weighted by Crippen LogP contribution is -2.04. The number of nitrogens with one attached hydrogen (secondary N) is 1. The van der Waals surface area contributed by atoms with E-state index in [9.17, 15) is 13.2 Å². The molecule has 0 aliphatic heterocycles. The number of halogens is 4. The van der Waals surface area contributed by atoms with Crippen LogP contribution in [0.5, 0.6) is 0 Å². The van der Waals surface area contributed by atoms with Crippen molar-refractivity contribution in [3.05, 3.63) is 71.6 Å². The number of aromatic nitrogens is 4. The fourth-order valence-electron chi connectivity index (χ4n) is 2.66. The summed E-state index contributed by atoms with van der Waals surface area (Å²) in [5, 5.41) is 11.5. The average molecular weight is 402 g/mol. The molecule has 0 unspecified atom stereocenters. The van der Waals surface area contributed by atoms with E-state index in [1.165, 1.54) is 18.3 Å². The van der Waals surface area contributed by atoms with Gasteiger partial charge >= 0.3 is 6.18 Å². The molecule has 1 N–H and O–H groups in total. The van der Waals surface area contributed by atoms with E-state index in [0.717, 1.165) is 12.1 Å². The summed E-state index contributed by atoms with van der Waals surface area (Å²) in [7, 11) is 0. The molecule has 0 bridgehead atoms. The van der Waals surface area contributed by atoms with Gasteiger partial charge in [0, 0.05) is 23.6 Å². The summed E-state index contributed by atoms with van der Waals surface area (Å²) in [6, 6.07) is 9.91. The van der Waals surface area contributed by atoms with Gasteiger partial charge in [-0.2, -0.15) is 18.3 Å². The molecular weight excluding hydrogens is 391 g/mol. The third-order valence-corrected chi connectivity index (χ3v) is 4.30. The average Bonchev–Trinajstić information content (AvgIpc) is 2.68. The van der Waals surface area contributed by atoms with Crippen molar-refractivity contribution in [1.29, 1.82) is 0 Å². The Morgan fingerprint density at radius 2 is 1.75 bits per heavy atom. The Kier molecular flexibility index (Phi) is 4.56. The van der Waals surface area contributed by atoms with Crippen LogP contribution in [0.4, 0.5) is 24.5 Å². The SMILES string of the molecule is FC(F)(F)c1ccc(Nc2cnnc3cc(-c4ncccc4Cl)cnc23)cc1. The first-order chi connectivity index (χ1) is 13.4. The molecule has 9 heteroatoms. The first kappa shape index (κ1) is 18.1. The summed E-state index contributed by atoms with van der Waals surface area (Å²) in [6.45, 7) is 0. The van der Waals surface area contributed by atoms with Gasteiger partial charge in [-0.05, 0) is 42.5 Å². The Labute approximate surface area is 162 Å². The van der Waals surface area contributed by atoms with Gasteiger partial charge in [0.2, 0.25) is 0 Å². The van der Waals surface area contributed by atoms with E-state index >= 15 is 0 Å². The molecule has 1 aromatic carbocycles. The number of hydrogen-bond acceptors (Lipinski definition) is 5. The van der Waals surface area contributed by atoms with Crippen LogP contribution in [0, 0.1) is 0 Å². The molecule has 0 amide bonds. The normalized spacial score (nSPS) is 11.6. The number of hydrogen-bond donors (Lipinski definition) is 1. The first-order valence-corrected chi connectivity index (χ1v) is 8.46. The van der Waals surface area contributed by atoms with Crippen molar-refractivity contribution < 1.29 is 13.2 Å². The fraction of sp³-hybridized carbons (Fsp3) is 0.0526. The number of pyridine rings is 2. The number of anilines is 2. The standard InChI is InChI=1S/C19H11ClF3N5/c20-14-2-1-7-24-17(14)11-8-15-18(25-9-11)16(10-26-28-15)27-13-5-3-12(4-6-13)19(21,22)23/h1-10H,(H,27,28). The summed E-state index contributed by atoms with van der Waals surface area (Å²) in [5.41, 5.74) is 2.54. The highest BCUT2D eigenvalue weighted by Gasteiger charge is 2.29. The third-order valence-electron chi connectivity index (χ3n) is 4.00. The Bertz CT molecular complexity index is 1150. The van der Waals surface area contributed by atoms with E-state index < -0.39 is 11.7 Å². The summed E-state index contributed by atoms with van der Waals surface area (Å²) in [5.74, 6) is 0. The van der Waals surface area contributed by atoms with Crippen LogP contribution < -0.4 is 5.32 Å². The highest BCUT2D eigenvalue weighted by atomic mass is 35.5. The van der Waals surface area contributed by atoms with Crippen LogP contribution in [-0.2, 0) is 6.18 Å².